The minimum atomic E-state index is -4.86. The van der Waals surface area contributed by atoms with Crippen LogP contribution in [0.1, 0.15) is 46.0 Å². The summed E-state index contributed by atoms with van der Waals surface area (Å²) in [5.41, 5.74) is 0.240. The molecule has 8 nitrogen and oxygen atoms in total. The van der Waals surface area contributed by atoms with Crippen molar-refractivity contribution in [3.8, 4) is 0 Å². The number of hydrogen-bond acceptors (Lipinski definition) is 4. The zero-order valence-corrected chi connectivity index (χ0v) is 21.7. The fourth-order valence-electron chi connectivity index (χ4n) is 4.76. The van der Waals surface area contributed by atoms with Crippen molar-refractivity contribution in [1.82, 2.24) is 19.2 Å². The lowest BCUT2D eigenvalue weighted by Crippen LogP contribution is -2.59. The maximum absolute atomic E-state index is 13.8. The lowest BCUT2D eigenvalue weighted by molar-refractivity contribution is -0.141. The molecule has 1 atom stereocenters. The van der Waals surface area contributed by atoms with Gasteiger partial charge in [-0.05, 0) is 55.3 Å². The summed E-state index contributed by atoms with van der Waals surface area (Å²) in [6.07, 6.45) is 0.00919. The minimum Gasteiger partial charge on any atom is -0.333 e. The Kier molecular flexibility index (Phi) is 6.71. The quantitative estimate of drug-likeness (QED) is 0.468. The summed E-state index contributed by atoms with van der Waals surface area (Å²) < 4.78 is 42.5. The molecule has 0 aliphatic carbocycles. The van der Waals surface area contributed by atoms with Crippen LogP contribution in [0.15, 0.2) is 59.8 Å². The normalized spacial score (nSPS) is 18.6. The van der Waals surface area contributed by atoms with E-state index in [1.807, 2.05) is 13.0 Å². The summed E-state index contributed by atoms with van der Waals surface area (Å²) in [6.45, 7) is 3.24. The van der Waals surface area contributed by atoms with Gasteiger partial charge in [-0.25, -0.2) is 4.98 Å². The van der Waals surface area contributed by atoms with E-state index in [2.05, 4.69) is 10.3 Å². The molecule has 1 unspecified atom stereocenters. The van der Waals surface area contributed by atoms with Crippen molar-refractivity contribution >= 4 is 46.2 Å². The largest absolute Gasteiger partial charge is 0.435 e. The molecule has 4 heterocycles. The van der Waals surface area contributed by atoms with E-state index in [9.17, 15) is 27.6 Å². The van der Waals surface area contributed by atoms with Gasteiger partial charge >= 0.3 is 6.18 Å². The van der Waals surface area contributed by atoms with Gasteiger partial charge in [0.2, 0.25) is 5.91 Å². The van der Waals surface area contributed by atoms with Crippen molar-refractivity contribution in [2.24, 2.45) is 0 Å². The van der Waals surface area contributed by atoms with Gasteiger partial charge in [-0.2, -0.15) is 13.2 Å². The molecular weight excluding hydrogens is 535 g/mol. The third-order valence-corrected chi connectivity index (χ3v) is 6.88. The average Bonchev–Trinajstić information content (AvgIpc) is 3.27. The Morgan fingerprint density at radius 2 is 1.90 bits per heavy atom. The first-order valence-electron chi connectivity index (χ1n) is 12.1. The fourth-order valence-corrected chi connectivity index (χ4v) is 4.83. The number of carbonyl (C=O) groups excluding carboxylic acids is 3. The Labute approximate surface area is 226 Å². The number of alkyl halides is 3. The highest BCUT2D eigenvalue weighted by molar-refractivity contribution is 6.29. The molecule has 2 aromatic heterocycles. The van der Waals surface area contributed by atoms with E-state index in [1.165, 1.54) is 29.3 Å². The molecule has 1 N–H and O–H groups in total. The molecular formula is C27H23ClF3N5O3. The zero-order valence-electron chi connectivity index (χ0n) is 20.9. The summed E-state index contributed by atoms with van der Waals surface area (Å²) >= 11 is 5.91. The molecule has 1 fully saturated rings. The SMILES string of the molecule is CC(Cl)=CC=C(C)c1ccc2c(c1)C(=O)N1CCN(C(=O)c3c(C(F)(F)F)nc4ccccn34)CC1C(=O)N2. The third-order valence-electron chi connectivity index (χ3n) is 6.76. The number of rotatable bonds is 3. The highest BCUT2D eigenvalue weighted by atomic mass is 35.5. The van der Waals surface area contributed by atoms with E-state index in [-0.39, 0.29) is 30.8 Å². The van der Waals surface area contributed by atoms with Crippen molar-refractivity contribution in [2.75, 3.05) is 25.0 Å². The second kappa shape index (κ2) is 9.88. The summed E-state index contributed by atoms with van der Waals surface area (Å²) in [6, 6.07) is 8.37. The van der Waals surface area contributed by atoms with Crippen LogP contribution in [0, 0.1) is 0 Å². The molecule has 12 heteroatoms. The Balaban J connectivity index is 1.45. The molecule has 2 aliphatic heterocycles. The molecule has 0 radical (unpaired) electrons. The summed E-state index contributed by atoms with van der Waals surface area (Å²) in [7, 11) is 0. The van der Waals surface area contributed by atoms with Crippen molar-refractivity contribution in [1.29, 1.82) is 0 Å². The number of pyridine rings is 1. The Morgan fingerprint density at radius 1 is 1.13 bits per heavy atom. The first-order valence-corrected chi connectivity index (χ1v) is 12.4. The predicted molar refractivity (Wildman–Crippen MR) is 139 cm³/mol. The van der Waals surface area contributed by atoms with Crippen molar-refractivity contribution in [3.63, 3.8) is 0 Å². The Hall–Kier alpha value is -4.12. The number of carbonyl (C=O) groups is 3. The molecule has 1 saturated heterocycles. The number of benzene rings is 1. The fraction of sp³-hybridized carbons (Fsp3) is 0.259. The third kappa shape index (κ3) is 4.89. The number of aromatic nitrogens is 2. The van der Waals surface area contributed by atoms with Gasteiger partial charge in [0.15, 0.2) is 5.69 Å². The number of hydrogen-bond donors (Lipinski definition) is 1. The molecule has 5 rings (SSSR count). The standard InChI is InChI=1S/C27H23ClF3N5O3/c1-15(6-7-16(2)28)17-8-9-19-18(13-17)25(38)35-12-11-34(14-20(35)24(37)32-19)26(39)22-23(27(29,30)31)33-21-5-3-4-10-36(21)22/h3-10,13,20H,11-12,14H2,1-2H3,(H,32,37). The van der Waals surface area contributed by atoms with Crippen LogP contribution in [-0.4, -0.2) is 62.6 Å². The lowest BCUT2D eigenvalue weighted by atomic mass is 10.0. The highest BCUT2D eigenvalue weighted by Gasteiger charge is 2.44. The molecule has 3 aromatic rings. The van der Waals surface area contributed by atoms with Crippen LogP contribution >= 0.6 is 11.6 Å². The number of anilines is 1. The van der Waals surface area contributed by atoms with Crippen LogP contribution in [0.3, 0.4) is 0 Å². The molecule has 0 saturated carbocycles. The van der Waals surface area contributed by atoms with Gasteiger partial charge in [0, 0.05) is 24.3 Å². The smallest absolute Gasteiger partial charge is 0.333 e. The van der Waals surface area contributed by atoms with Crippen molar-refractivity contribution < 1.29 is 27.6 Å². The molecule has 202 valence electrons. The number of fused-ring (bicyclic) bond motifs is 3. The van der Waals surface area contributed by atoms with Crippen LogP contribution < -0.4 is 5.32 Å². The number of allylic oxidation sites excluding steroid dienone is 4. The van der Waals surface area contributed by atoms with Crippen molar-refractivity contribution in [3.05, 3.63) is 82.3 Å². The van der Waals surface area contributed by atoms with Crippen LogP contribution in [0.25, 0.3) is 11.2 Å². The number of amides is 3. The first-order chi connectivity index (χ1) is 18.5. The number of imidazole rings is 1. The maximum atomic E-state index is 13.8. The second-order valence-corrected chi connectivity index (χ2v) is 9.95. The monoisotopic (exact) mass is 557 g/mol. The van der Waals surface area contributed by atoms with Crippen LogP contribution in [0.2, 0.25) is 0 Å². The summed E-state index contributed by atoms with van der Waals surface area (Å²) in [5.74, 6) is -1.87. The predicted octanol–water partition coefficient (Wildman–Crippen LogP) is 4.82. The van der Waals surface area contributed by atoms with E-state index in [0.29, 0.717) is 10.7 Å². The van der Waals surface area contributed by atoms with E-state index in [1.54, 1.807) is 31.2 Å². The molecule has 2 aliphatic rings. The van der Waals surface area contributed by atoms with Gasteiger partial charge in [0.25, 0.3) is 11.8 Å². The minimum absolute atomic E-state index is 0.0264. The average molecular weight is 558 g/mol. The van der Waals surface area contributed by atoms with E-state index in [4.69, 9.17) is 11.6 Å². The number of piperazine rings is 1. The topological polar surface area (TPSA) is 87.0 Å². The Bertz CT molecular complexity index is 1570. The van der Waals surface area contributed by atoms with E-state index in [0.717, 1.165) is 20.4 Å². The zero-order chi connectivity index (χ0) is 28.1. The molecule has 0 spiro atoms. The van der Waals surface area contributed by atoms with Crippen molar-refractivity contribution in [2.45, 2.75) is 26.1 Å². The number of halogens is 4. The van der Waals surface area contributed by atoms with Crippen LogP contribution in [-0.2, 0) is 11.0 Å². The van der Waals surface area contributed by atoms with Crippen LogP contribution in [0.4, 0.5) is 18.9 Å². The van der Waals surface area contributed by atoms with Gasteiger partial charge < -0.3 is 15.1 Å². The van der Waals surface area contributed by atoms with Gasteiger partial charge in [-0.1, -0.05) is 29.8 Å². The molecule has 0 bridgehead atoms. The summed E-state index contributed by atoms with van der Waals surface area (Å²) in [4.78, 5) is 46.3. The molecule has 39 heavy (non-hydrogen) atoms. The van der Waals surface area contributed by atoms with Gasteiger partial charge in [0.05, 0.1) is 17.8 Å². The van der Waals surface area contributed by atoms with Crippen LogP contribution in [0.5, 0.6) is 0 Å². The Morgan fingerprint density at radius 3 is 2.62 bits per heavy atom. The maximum Gasteiger partial charge on any atom is 0.435 e. The number of nitrogens with one attached hydrogen (secondary N) is 1. The molecule has 3 amide bonds. The van der Waals surface area contributed by atoms with E-state index < -0.39 is 41.3 Å². The van der Waals surface area contributed by atoms with Gasteiger partial charge in [-0.3, -0.25) is 18.8 Å². The van der Waals surface area contributed by atoms with E-state index >= 15 is 0 Å². The summed E-state index contributed by atoms with van der Waals surface area (Å²) in [5, 5.41) is 3.33. The lowest BCUT2D eigenvalue weighted by Gasteiger charge is -2.39. The first kappa shape index (κ1) is 26.5. The second-order valence-electron chi connectivity index (χ2n) is 9.35. The van der Waals surface area contributed by atoms with Gasteiger partial charge in [-0.15, -0.1) is 0 Å². The highest BCUT2D eigenvalue weighted by Crippen LogP contribution is 2.34. The number of nitrogens with zero attached hydrogens (tertiary/aromatic N) is 4. The van der Waals surface area contributed by atoms with Gasteiger partial charge in [0.1, 0.15) is 17.4 Å². The molecule has 1 aromatic carbocycles.